The van der Waals surface area contributed by atoms with Gasteiger partial charge in [0, 0.05) is 18.1 Å². The van der Waals surface area contributed by atoms with Crippen LogP contribution in [0.5, 0.6) is 0 Å². The van der Waals surface area contributed by atoms with Gasteiger partial charge in [-0.25, -0.2) is 9.37 Å². The third-order valence-electron chi connectivity index (χ3n) is 3.46. The summed E-state index contributed by atoms with van der Waals surface area (Å²) in [6.07, 6.45) is 3.38. The van der Waals surface area contributed by atoms with E-state index in [0.29, 0.717) is 12.6 Å². The quantitative estimate of drug-likeness (QED) is 0.868. The normalized spacial score (nSPS) is 20.8. The van der Waals surface area contributed by atoms with Crippen LogP contribution in [0.25, 0.3) is 0 Å². The molecule has 0 aromatic carbocycles. The topological polar surface area (TPSA) is 41.0 Å². The second-order valence-electron chi connectivity index (χ2n) is 5.88. The number of aromatic nitrogens is 2. The number of hydrogen-bond donors (Lipinski definition) is 1. The van der Waals surface area contributed by atoms with Gasteiger partial charge in [0.25, 0.3) is 0 Å². The Kier molecular flexibility index (Phi) is 4.26. The van der Waals surface area contributed by atoms with Gasteiger partial charge in [-0.1, -0.05) is 0 Å². The Balaban J connectivity index is 2.00. The van der Waals surface area contributed by atoms with Crippen LogP contribution in [0.3, 0.4) is 0 Å². The van der Waals surface area contributed by atoms with Gasteiger partial charge in [0.05, 0.1) is 6.20 Å². The summed E-state index contributed by atoms with van der Waals surface area (Å²) in [7, 11) is 0. The molecule has 2 heterocycles. The number of halogens is 2. The van der Waals surface area contributed by atoms with Gasteiger partial charge >= 0.3 is 0 Å². The van der Waals surface area contributed by atoms with Crippen molar-refractivity contribution in [3.8, 4) is 0 Å². The summed E-state index contributed by atoms with van der Waals surface area (Å²) in [5, 5.41) is 3.10. The molecule has 1 saturated heterocycles. The Labute approximate surface area is 118 Å². The lowest BCUT2D eigenvalue weighted by atomic mass is 10.0. The molecule has 0 amide bonds. The predicted octanol–water partition coefficient (Wildman–Crippen LogP) is 2.94. The highest BCUT2D eigenvalue weighted by atomic mass is 35.5. The largest absolute Gasteiger partial charge is 0.366 e. The monoisotopic (exact) mass is 286 g/mol. The number of anilines is 1. The Morgan fingerprint density at radius 1 is 1.53 bits per heavy atom. The highest BCUT2D eigenvalue weighted by Crippen LogP contribution is 2.26. The smallest absolute Gasteiger partial charge is 0.224 e. The Hall–Kier alpha value is -0.940. The molecule has 1 atom stereocenters. The van der Waals surface area contributed by atoms with Gasteiger partial charge in [0.15, 0.2) is 11.6 Å². The van der Waals surface area contributed by atoms with Crippen molar-refractivity contribution in [1.29, 1.82) is 0 Å². The van der Waals surface area contributed by atoms with Gasteiger partial charge in [0.2, 0.25) is 5.28 Å². The Morgan fingerprint density at radius 3 is 2.95 bits per heavy atom. The Morgan fingerprint density at radius 2 is 2.26 bits per heavy atom. The molecule has 1 unspecified atom stereocenters. The lowest BCUT2D eigenvalue weighted by molar-refractivity contribution is 0.127. The van der Waals surface area contributed by atoms with Crippen molar-refractivity contribution in [2.75, 3.05) is 18.4 Å². The molecule has 1 aliphatic rings. The minimum absolute atomic E-state index is 0.0583. The molecule has 106 valence electrons. The molecule has 1 aliphatic heterocycles. The minimum Gasteiger partial charge on any atom is -0.366 e. The van der Waals surface area contributed by atoms with E-state index in [9.17, 15) is 4.39 Å². The van der Waals surface area contributed by atoms with E-state index in [0.717, 1.165) is 19.2 Å². The maximum atomic E-state index is 13.5. The lowest BCUT2D eigenvalue weighted by Gasteiger charge is -2.37. The van der Waals surface area contributed by atoms with Crippen LogP contribution in [-0.2, 0) is 0 Å². The summed E-state index contributed by atoms with van der Waals surface area (Å²) < 4.78 is 13.5. The van der Waals surface area contributed by atoms with E-state index in [-0.39, 0.29) is 16.6 Å². The van der Waals surface area contributed by atoms with E-state index in [1.54, 1.807) is 0 Å². The van der Waals surface area contributed by atoms with Gasteiger partial charge in [-0.05, 0) is 51.8 Å². The summed E-state index contributed by atoms with van der Waals surface area (Å²) in [6, 6.07) is 0.396. The third kappa shape index (κ3) is 3.54. The van der Waals surface area contributed by atoms with E-state index in [1.165, 1.54) is 6.42 Å². The van der Waals surface area contributed by atoms with Crippen LogP contribution < -0.4 is 5.32 Å². The molecular formula is C13H20ClFN4. The predicted molar refractivity (Wildman–Crippen MR) is 75.0 cm³/mol. The zero-order valence-corrected chi connectivity index (χ0v) is 12.3. The van der Waals surface area contributed by atoms with Crippen molar-refractivity contribution < 1.29 is 4.39 Å². The van der Waals surface area contributed by atoms with E-state index >= 15 is 0 Å². The van der Waals surface area contributed by atoms with Crippen LogP contribution in [0.1, 0.15) is 33.6 Å². The van der Waals surface area contributed by atoms with Gasteiger partial charge in [-0.3, -0.25) is 4.90 Å². The standard InChI is InChI=1S/C13H20ClFN4/c1-13(2,3)19-6-4-5-9(19)7-16-11-10(15)8-17-12(14)18-11/h8-9H,4-7H2,1-3H3,(H,16,17,18). The molecule has 19 heavy (non-hydrogen) atoms. The molecular weight excluding hydrogens is 267 g/mol. The van der Waals surface area contributed by atoms with Crippen LogP contribution in [0.15, 0.2) is 6.20 Å². The minimum atomic E-state index is -0.468. The molecule has 0 radical (unpaired) electrons. The fourth-order valence-corrected chi connectivity index (χ4v) is 2.75. The summed E-state index contributed by atoms with van der Waals surface area (Å²) >= 11 is 5.67. The molecule has 0 aliphatic carbocycles. The van der Waals surface area contributed by atoms with E-state index in [2.05, 4.69) is 41.0 Å². The van der Waals surface area contributed by atoms with E-state index in [4.69, 9.17) is 11.6 Å². The van der Waals surface area contributed by atoms with Gasteiger partial charge in [0.1, 0.15) is 0 Å². The molecule has 4 nitrogen and oxygen atoms in total. The summed E-state index contributed by atoms with van der Waals surface area (Å²) in [4.78, 5) is 9.92. The van der Waals surface area contributed by atoms with E-state index < -0.39 is 5.82 Å². The van der Waals surface area contributed by atoms with Crippen LogP contribution in [0, 0.1) is 5.82 Å². The molecule has 0 spiro atoms. The number of nitrogens with one attached hydrogen (secondary N) is 1. The summed E-state index contributed by atoms with van der Waals surface area (Å²) in [5.74, 6) is -0.287. The van der Waals surface area contributed by atoms with Gasteiger partial charge < -0.3 is 5.32 Å². The van der Waals surface area contributed by atoms with E-state index in [1.807, 2.05) is 0 Å². The van der Waals surface area contributed by atoms with Crippen molar-refractivity contribution in [3.63, 3.8) is 0 Å². The van der Waals surface area contributed by atoms with Crippen LogP contribution in [0.4, 0.5) is 10.2 Å². The molecule has 0 bridgehead atoms. The van der Waals surface area contributed by atoms with Crippen molar-refractivity contribution in [1.82, 2.24) is 14.9 Å². The molecule has 2 rings (SSSR count). The maximum Gasteiger partial charge on any atom is 0.224 e. The van der Waals surface area contributed by atoms with Crippen LogP contribution >= 0.6 is 11.6 Å². The fraction of sp³-hybridized carbons (Fsp3) is 0.692. The van der Waals surface area contributed by atoms with Gasteiger partial charge in [-0.15, -0.1) is 0 Å². The first kappa shape index (κ1) is 14.5. The first-order valence-electron chi connectivity index (χ1n) is 6.56. The average molecular weight is 287 g/mol. The first-order valence-corrected chi connectivity index (χ1v) is 6.94. The number of hydrogen-bond acceptors (Lipinski definition) is 4. The average Bonchev–Trinajstić information content (AvgIpc) is 2.78. The molecule has 1 aromatic rings. The molecule has 1 aromatic heterocycles. The van der Waals surface area contributed by atoms with Crippen molar-refractivity contribution in [2.24, 2.45) is 0 Å². The zero-order valence-electron chi connectivity index (χ0n) is 11.6. The lowest BCUT2D eigenvalue weighted by Crippen LogP contribution is -2.47. The summed E-state index contributed by atoms with van der Waals surface area (Å²) in [6.45, 7) is 8.36. The third-order valence-corrected chi connectivity index (χ3v) is 3.64. The first-order chi connectivity index (χ1) is 8.88. The Bertz CT molecular complexity index is 447. The summed E-state index contributed by atoms with van der Waals surface area (Å²) in [5.41, 5.74) is 0.130. The second kappa shape index (κ2) is 5.59. The second-order valence-corrected chi connectivity index (χ2v) is 6.21. The van der Waals surface area contributed by atoms with Crippen molar-refractivity contribution >= 4 is 17.4 Å². The molecule has 1 fully saturated rings. The van der Waals surface area contributed by atoms with Crippen molar-refractivity contribution in [2.45, 2.75) is 45.2 Å². The fourth-order valence-electron chi connectivity index (χ4n) is 2.62. The molecule has 1 N–H and O–H groups in total. The SMILES string of the molecule is CC(C)(C)N1CCCC1CNc1nc(Cl)ncc1F. The number of nitrogens with zero attached hydrogens (tertiary/aromatic N) is 3. The van der Waals surface area contributed by atoms with Gasteiger partial charge in [-0.2, -0.15) is 4.98 Å². The maximum absolute atomic E-state index is 13.5. The molecule has 0 saturated carbocycles. The van der Waals surface area contributed by atoms with Crippen molar-refractivity contribution in [3.05, 3.63) is 17.3 Å². The highest BCUT2D eigenvalue weighted by molar-refractivity contribution is 6.28. The molecule has 6 heteroatoms. The van der Waals surface area contributed by atoms with Crippen LogP contribution in [0.2, 0.25) is 5.28 Å². The number of rotatable bonds is 3. The zero-order chi connectivity index (χ0) is 14.0. The van der Waals surface area contributed by atoms with Crippen LogP contribution in [-0.4, -0.2) is 39.5 Å². The highest BCUT2D eigenvalue weighted by Gasteiger charge is 2.32. The number of likely N-dealkylation sites (tertiary alicyclic amines) is 1.